The summed E-state index contributed by atoms with van der Waals surface area (Å²) >= 11 is 1.19. The molecular weight excluding hydrogens is 362 g/mol. The molecule has 3 rings (SSSR count). The molecule has 25 heavy (non-hydrogen) atoms. The maximum Gasteiger partial charge on any atom is 0.215 e. The quantitative estimate of drug-likeness (QED) is 0.656. The second-order valence-corrected chi connectivity index (χ2v) is 7.92. The number of aromatic nitrogens is 3. The van der Waals surface area contributed by atoms with Gasteiger partial charge in [-0.25, -0.2) is 13.4 Å². The van der Waals surface area contributed by atoms with Gasteiger partial charge in [-0.15, -0.1) is 11.8 Å². The van der Waals surface area contributed by atoms with Crippen LogP contribution in [0.15, 0.2) is 51.2 Å². The van der Waals surface area contributed by atoms with Crippen LogP contribution in [0.4, 0.5) is 0 Å². The third-order valence-corrected chi connectivity index (χ3v) is 6.24. The van der Waals surface area contributed by atoms with Crippen LogP contribution in [-0.2, 0) is 21.0 Å². The summed E-state index contributed by atoms with van der Waals surface area (Å²) in [6.45, 7) is 0.410. The predicted octanol–water partition coefficient (Wildman–Crippen LogP) is 2.18. The Bertz CT molecular complexity index is 1000. The Morgan fingerprint density at radius 3 is 2.64 bits per heavy atom. The van der Waals surface area contributed by atoms with Gasteiger partial charge in [0.25, 0.3) is 0 Å². The fraction of sp³-hybridized carbons (Fsp3) is 0.250. The van der Waals surface area contributed by atoms with Crippen LogP contribution >= 0.6 is 11.8 Å². The monoisotopic (exact) mass is 379 g/mol. The van der Waals surface area contributed by atoms with Crippen molar-refractivity contribution in [2.24, 2.45) is 0 Å². The maximum absolute atomic E-state index is 13.1. The summed E-state index contributed by atoms with van der Waals surface area (Å²) in [6, 6.07) is 9.58. The van der Waals surface area contributed by atoms with Crippen LogP contribution in [0.2, 0.25) is 0 Å². The first-order chi connectivity index (χ1) is 12.0. The average molecular weight is 379 g/mol. The molecule has 0 bridgehead atoms. The molecule has 0 spiro atoms. The highest BCUT2D eigenvalue weighted by atomic mass is 32.2. The zero-order chi connectivity index (χ0) is 18.0. The van der Waals surface area contributed by atoms with Gasteiger partial charge in [0.15, 0.2) is 10.5 Å². The molecule has 7 nitrogen and oxygen atoms in total. The highest BCUT2D eigenvalue weighted by Crippen LogP contribution is 2.33. The Morgan fingerprint density at radius 2 is 2.00 bits per heavy atom. The van der Waals surface area contributed by atoms with E-state index in [2.05, 4.69) is 10.1 Å². The number of aromatic hydroxyl groups is 1. The third kappa shape index (κ3) is 3.22. The molecule has 2 aromatic heterocycles. The van der Waals surface area contributed by atoms with E-state index < -0.39 is 9.84 Å². The fourth-order valence-electron chi connectivity index (χ4n) is 2.43. The minimum Gasteiger partial charge on any atom is -0.493 e. The van der Waals surface area contributed by atoms with Gasteiger partial charge in [-0.1, -0.05) is 18.2 Å². The number of rotatable bonds is 6. The third-order valence-electron chi connectivity index (χ3n) is 3.63. The molecule has 1 aromatic carbocycles. The van der Waals surface area contributed by atoms with Crippen molar-refractivity contribution in [2.75, 3.05) is 20.0 Å². The van der Waals surface area contributed by atoms with Crippen LogP contribution in [0, 0.1) is 0 Å². The number of nitrogens with zero attached hydrogens (tertiary/aromatic N) is 3. The molecule has 0 atom stereocenters. The van der Waals surface area contributed by atoms with E-state index in [1.165, 1.54) is 30.0 Å². The smallest absolute Gasteiger partial charge is 0.215 e. The van der Waals surface area contributed by atoms with E-state index in [4.69, 9.17) is 4.74 Å². The van der Waals surface area contributed by atoms with E-state index in [9.17, 15) is 13.5 Å². The van der Waals surface area contributed by atoms with Gasteiger partial charge in [0.1, 0.15) is 5.03 Å². The lowest BCUT2D eigenvalue weighted by atomic mass is 10.3. The van der Waals surface area contributed by atoms with Gasteiger partial charge in [0.2, 0.25) is 15.7 Å². The van der Waals surface area contributed by atoms with Crippen LogP contribution in [0.25, 0.3) is 5.65 Å². The van der Waals surface area contributed by atoms with Crippen molar-refractivity contribution in [3.05, 3.63) is 42.1 Å². The lowest BCUT2D eigenvalue weighted by Gasteiger charge is -2.06. The van der Waals surface area contributed by atoms with Gasteiger partial charge in [-0.05, 0) is 18.4 Å². The Morgan fingerprint density at radius 1 is 1.28 bits per heavy atom. The Hall–Kier alpha value is -2.10. The van der Waals surface area contributed by atoms with Gasteiger partial charge in [-0.2, -0.15) is 9.61 Å². The standard InChI is InChI=1S/C16H17N3O4S2/c1-23-9-8-11-10-13(20)19-15(17-11)14(16(18-19)24-2)25(21,22)12-6-4-3-5-7-12/h3-7,10,20H,8-9H2,1-2H3. The van der Waals surface area contributed by atoms with Crippen LogP contribution in [0.5, 0.6) is 5.88 Å². The fourth-order valence-corrected chi connectivity index (χ4v) is 4.85. The molecule has 0 saturated carbocycles. The first kappa shape index (κ1) is 17.7. The summed E-state index contributed by atoms with van der Waals surface area (Å²) in [7, 11) is -2.26. The van der Waals surface area contributed by atoms with Crippen molar-refractivity contribution in [1.29, 1.82) is 0 Å². The molecule has 2 heterocycles. The summed E-state index contributed by atoms with van der Waals surface area (Å²) < 4.78 is 32.4. The van der Waals surface area contributed by atoms with Crippen LogP contribution in [-0.4, -0.2) is 48.1 Å². The van der Waals surface area contributed by atoms with E-state index in [1.807, 2.05) is 0 Å². The van der Waals surface area contributed by atoms with E-state index in [-0.39, 0.29) is 26.3 Å². The van der Waals surface area contributed by atoms with Crippen LogP contribution in [0.1, 0.15) is 5.69 Å². The number of benzene rings is 1. The molecule has 0 fully saturated rings. The number of thioether (sulfide) groups is 1. The zero-order valence-corrected chi connectivity index (χ0v) is 15.3. The molecule has 132 valence electrons. The number of hydrogen-bond donors (Lipinski definition) is 1. The Labute approximate surface area is 149 Å². The van der Waals surface area contributed by atoms with Crippen molar-refractivity contribution in [2.45, 2.75) is 21.2 Å². The maximum atomic E-state index is 13.1. The molecule has 0 aliphatic rings. The lowest BCUT2D eigenvalue weighted by molar-refractivity contribution is 0.201. The molecule has 0 saturated heterocycles. The van der Waals surface area contributed by atoms with E-state index in [0.717, 1.165) is 4.52 Å². The van der Waals surface area contributed by atoms with Crippen LogP contribution < -0.4 is 0 Å². The molecule has 0 aliphatic carbocycles. The molecule has 0 radical (unpaired) electrons. The first-order valence-corrected chi connectivity index (χ1v) is 10.1. The van der Waals surface area contributed by atoms with Crippen molar-refractivity contribution in [3.8, 4) is 5.88 Å². The van der Waals surface area contributed by atoms with Gasteiger partial charge in [-0.3, -0.25) is 0 Å². The number of methoxy groups -OCH3 is 1. The molecule has 9 heteroatoms. The van der Waals surface area contributed by atoms with Gasteiger partial charge < -0.3 is 9.84 Å². The van der Waals surface area contributed by atoms with E-state index in [0.29, 0.717) is 18.7 Å². The summed E-state index contributed by atoms with van der Waals surface area (Å²) in [5, 5.41) is 14.7. The average Bonchev–Trinajstić information content (AvgIpc) is 3.00. The number of ether oxygens (including phenoxy) is 1. The highest BCUT2D eigenvalue weighted by Gasteiger charge is 2.29. The molecule has 0 amide bonds. The molecular formula is C16H17N3O4S2. The van der Waals surface area contributed by atoms with Gasteiger partial charge in [0, 0.05) is 19.6 Å². The largest absolute Gasteiger partial charge is 0.493 e. The van der Waals surface area contributed by atoms with Crippen molar-refractivity contribution in [3.63, 3.8) is 0 Å². The summed E-state index contributed by atoms with van der Waals surface area (Å²) in [5.74, 6) is -0.166. The van der Waals surface area contributed by atoms with Crippen LogP contribution in [0.3, 0.4) is 0 Å². The van der Waals surface area contributed by atoms with Crippen molar-refractivity contribution in [1.82, 2.24) is 14.6 Å². The molecule has 0 aliphatic heterocycles. The first-order valence-electron chi connectivity index (χ1n) is 7.43. The highest BCUT2D eigenvalue weighted by molar-refractivity contribution is 7.99. The lowest BCUT2D eigenvalue weighted by Crippen LogP contribution is -2.05. The summed E-state index contributed by atoms with van der Waals surface area (Å²) in [6.07, 6.45) is 2.18. The normalized spacial score (nSPS) is 11.9. The van der Waals surface area contributed by atoms with Gasteiger partial charge >= 0.3 is 0 Å². The Kier molecular flexibility index (Phi) is 4.98. The number of hydrogen-bond acceptors (Lipinski definition) is 7. The van der Waals surface area contributed by atoms with Crippen molar-refractivity contribution < 1.29 is 18.3 Å². The molecule has 3 aromatic rings. The number of fused-ring (bicyclic) bond motifs is 1. The second kappa shape index (κ2) is 7.03. The summed E-state index contributed by atoms with van der Waals surface area (Å²) in [5.41, 5.74) is 0.642. The molecule has 1 N–H and O–H groups in total. The van der Waals surface area contributed by atoms with Crippen molar-refractivity contribution >= 4 is 27.2 Å². The summed E-state index contributed by atoms with van der Waals surface area (Å²) in [4.78, 5) is 4.56. The minimum atomic E-state index is -3.83. The van der Waals surface area contributed by atoms with Gasteiger partial charge in [0.05, 0.1) is 17.2 Å². The SMILES string of the molecule is COCCc1cc(O)n2nc(SC)c(S(=O)(=O)c3ccccc3)c2n1. The Balaban J connectivity index is 2.27. The molecule has 0 unspecified atom stereocenters. The second-order valence-electron chi connectivity index (χ2n) is 5.24. The minimum absolute atomic E-state index is 0.000710. The predicted molar refractivity (Wildman–Crippen MR) is 93.9 cm³/mol. The number of sulfone groups is 1. The topological polar surface area (TPSA) is 93.8 Å². The zero-order valence-electron chi connectivity index (χ0n) is 13.7. The van der Waals surface area contributed by atoms with E-state index in [1.54, 1.807) is 31.6 Å². The van der Waals surface area contributed by atoms with E-state index >= 15 is 0 Å².